The molecule has 3 nitrogen and oxygen atoms in total. The van der Waals surface area contributed by atoms with Gasteiger partial charge in [-0.2, -0.15) is 0 Å². The van der Waals surface area contributed by atoms with Crippen LogP contribution in [0.4, 0.5) is 5.69 Å². The van der Waals surface area contributed by atoms with E-state index >= 15 is 0 Å². The first-order chi connectivity index (χ1) is 7.62. The Balaban J connectivity index is 2.53. The fourth-order valence-electron chi connectivity index (χ4n) is 1.51. The van der Waals surface area contributed by atoms with Gasteiger partial charge in [-0.3, -0.25) is 4.72 Å². The summed E-state index contributed by atoms with van der Waals surface area (Å²) < 4.78 is 25.3. The monoisotopic (exact) mass is 299 g/mol. The number of alkyl halides is 1. The standard InChI is InChI=1S/C11H10BrNO2S/c12-8-16(14,15)13-11-7-3-5-9-4-1-2-6-10(9)11/h1-7,13H,8H2. The molecule has 84 valence electrons. The lowest BCUT2D eigenvalue weighted by molar-refractivity contribution is 0.606. The average Bonchev–Trinajstić information content (AvgIpc) is 2.29. The van der Waals surface area contributed by atoms with Gasteiger partial charge in [0.1, 0.15) is 4.66 Å². The van der Waals surface area contributed by atoms with Crippen molar-refractivity contribution in [3.63, 3.8) is 0 Å². The molecule has 0 aliphatic carbocycles. The second-order valence-corrected chi connectivity index (χ2v) is 6.38. The molecule has 0 amide bonds. The first-order valence-electron chi connectivity index (χ1n) is 4.66. The summed E-state index contributed by atoms with van der Waals surface area (Å²) >= 11 is 2.94. The van der Waals surface area contributed by atoms with Crippen LogP contribution in [0.3, 0.4) is 0 Å². The lowest BCUT2D eigenvalue weighted by atomic mass is 10.1. The van der Waals surface area contributed by atoms with Gasteiger partial charge in [0, 0.05) is 5.39 Å². The normalized spacial score (nSPS) is 11.6. The van der Waals surface area contributed by atoms with Crippen molar-refractivity contribution < 1.29 is 8.42 Å². The van der Waals surface area contributed by atoms with Crippen LogP contribution >= 0.6 is 15.9 Å². The third-order valence-corrected chi connectivity index (χ3v) is 4.83. The molecule has 2 rings (SSSR count). The minimum atomic E-state index is -3.30. The summed E-state index contributed by atoms with van der Waals surface area (Å²) in [5.41, 5.74) is 0.609. The molecule has 0 fully saturated rings. The Hall–Kier alpha value is -1.07. The molecule has 0 aromatic heterocycles. The van der Waals surface area contributed by atoms with E-state index in [1.807, 2.05) is 36.4 Å². The molecule has 5 heteroatoms. The number of sulfonamides is 1. The van der Waals surface area contributed by atoms with E-state index in [0.717, 1.165) is 10.8 Å². The van der Waals surface area contributed by atoms with E-state index in [2.05, 4.69) is 20.7 Å². The van der Waals surface area contributed by atoms with Crippen LogP contribution in [0.2, 0.25) is 0 Å². The first-order valence-corrected chi connectivity index (χ1v) is 7.44. The summed E-state index contributed by atoms with van der Waals surface area (Å²) in [5.74, 6) is 0. The Kier molecular flexibility index (Phi) is 3.16. The molecule has 2 aromatic carbocycles. The fraction of sp³-hybridized carbons (Fsp3) is 0.0909. The van der Waals surface area contributed by atoms with Crippen LogP contribution in [-0.4, -0.2) is 13.1 Å². The minimum absolute atomic E-state index is 0.108. The van der Waals surface area contributed by atoms with Gasteiger partial charge in [-0.15, -0.1) is 0 Å². The zero-order chi connectivity index (χ0) is 11.6. The maximum atomic E-state index is 11.5. The quantitative estimate of drug-likeness (QED) is 0.886. The first kappa shape index (κ1) is 11.4. The van der Waals surface area contributed by atoms with E-state index < -0.39 is 10.0 Å². The van der Waals surface area contributed by atoms with Crippen LogP contribution in [0.15, 0.2) is 42.5 Å². The highest BCUT2D eigenvalue weighted by Gasteiger charge is 2.09. The molecular formula is C11H10BrNO2S. The Morgan fingerprint density at radius 3 is 2.50 bits per heavy atom. The molecule has 0 bridgehead atoms. The molecule has 0 heterocycles. The van der Waals surface area contributed by atoms with Crippen molar-refractivity contribution in [3.8, 4) is 0 Å². The van der Waals surface area contributed by atoms with Crippen molar-refractivity contribution >= 4 is 42.4 Å². The van der Waals surface area contributed by atoms with Crippen LogP contribution in [0.5, 0.6) is 0 Å². The highest BCUT2D eigenvalue weighted by Crippen LogP contribution is 2.23. The predicted octanol–water partition coefficient (Wildman–Crippen LogP) is 2.93. The van der Waals surface area contributed by atoms with Crippen LogP contribution in [0.25, 0.3) is 10.8 Å². The zero-order valence-electron chi connectivity index (χ0n) is 8.35. The molecule has 0 unspecified atom stereocenters. The van der Waals surface area contributed by atoms with Crippen LogP contribution in [0.1, 0.15) is 0 Å². The van der Waals surface area contributed by atoms with Gasteiger partial charge in [-0.05, 0) is 11.5 Å². The van der Waals surface area contributed by atoms with Crippen molar-refractivity contribution in [1.82, 2.24) is 0 Å². The van der Waals surface area contributed by atoms with Crippen LogP contribution in [0, 0.1) is 0 Å². The van der Waals surface area contributed by atoms with Gasteiger partial charge in [-0.1, -0.05) is 52.3 Å². The lowest BCUT2D eigenvalue weighted by Gasteiger charge is -2.08. The topological polar surface area (TPSA) is 46.2 Å². The second kappa shape index (κ2) is 4.43. The third-order valence-electron chi connectivity index (χ3n) is 2.20. The summed E-state index contributed by atoms with van der Waals surface area (Å²) in [5, 5.41) is 1.91. The molecule has 0 saturated heterocycles. The van der Waals surface area contributed by atoms with Gasteiger partial charge in [0.25, 0.3) is 0 Å². The lowest BCUT2D eigenvalue weighted by Crippen LogP contribution is -2.13. The van der Waals surface area contributed by atoms with Crippen molar-refractivity contribution in [2.24, 2.45) is 0 Å². The summed E-state index contributed by atoms with van der Waals surface area (Å²) in [6.45, 7) is 0. The molecule has 0 atom stereocenters. The van der Waals surface area contributed by atoms with Gasteiger partial charge in [0.2, 0.25) is 10.0 Å². The summed E-state index contributed by atoms with van der Waals surface area (Å²) in [4.78, 5) is 0. The zero-order valence-corrected chi connectivity index (χ0v) is 10.8. The molecule has 1 N–H and O–H groups in total. The number of hydrogen-bond donors (Lipinski definition) is 1. The van der Waals surface area contributed by atoms with Crippen molar-refractivity contribution in [2.45, 2.75) is 0 Å². The third kappa shape index (κ3) is 2.36. The number of benzene rings is 2. The van der Waals surface area contributed by atoms with E-state index in [9.17, 15) is 8.42 Å². The highest BCUT2D eigenvalue weighted by molar-refractivity contribution is 9.10. The largest absolute Gasteiger partial charge is 0.282 e. The fourth-order valence-corrected chi connectivity index (χ4v) is 2.42. The Labute approximate surface area is 103 Å². The number of rotatable bonds is 3. The van der Waals surface area contributed by atoms with Crippen LogP contribution < -0.4 is 4.72 Å². The number of halogens is 1. The SMILES string of the molecule is O=S(=O)(CBr)Nc1cccc2ccccc12. The molecular weight excluding hydrogens is 290 g/mol. The Morgan fingerprint density at radius 2 is 1.75 bits per heavy atom. The van der Waals surface area contributed by atoms with E-state index in [4.69, 9.17) is 0 Å². The Bertz CT molecular complexity index is 605. The van der Waals surface area contributed by atoms with Gasteiger partial charge < -0.3 is 0 Å². The van der Waals surface area contributed by atoms with Gasteiger partial charge >= 0.3 is 0 Å². The molecule has 0 spiro atoms. The molecule has 16 heavy (non-hydrogen) atoms. The number of nitrogens with one attached hydrogen (secondary N) is 1. The maximum absolute atomic E-state index is 11.5. The van der Waals surface area contributed by atoms with Crippen molar-refractivity contribution in [3.05, 3.63) is 42.5 Å². The number of fused-ring (bicyclic) bond motifs is 1. The van der Waals surface area contributed by atoms with E-state index in [1.165, 1.54) is 0 Å². The maximum Gasteiger partial charge on any atom is 0.242 e. The Morgan fingerprint density at radius 1 is 1.06 bits per heavy atom. The van der Waals surface area contributed by atoms with Crippen molar-refractivity contribution in [1.29, 1.82) is 0 Å². The number of anilines is 1. The highest BCUT2D eigenvalue weighted by atomic mass is 79.9. The van der Waals surface area contributed by atoms with E-state index in [0.29, 0.717) is 5.69 Å². The van der Waals surface area contributed by atoms with Crippen LogP contribution in [-0.2, 0) is 10.0 Å². The van der Waals surface area contributed by atoms with Gasteiger partial charge in [0.05, 0.1) is 5.69 Å². The summed E-state index contributed by atoms with van der Waals surface area (Å²) in [7, 11) is -3.30. The van der Waals surface area contributed by atoms with Crippen molar-refractivity contribution in [2.75, 3.05) is 9.38 Å². The second-order valence-electron chi connectivity index (χ2n) is 3.35. The predicted molar refractivity (Wildman–Crippen MR) is 70.3 cm³/mol. The molecule has 0 saturated carbocycles. The molecule has 0 aliphatic rings. The smallest absolute Gasteiger partial charge is 0.242 e. The average molecular weight is 300 g/mol. The summed E-state index contributed by atoms with van der Waals surface area (Å²) in [6.07, 6.45) is 0. The van der Waals surface area contributed by atoms with E-state index in [1.54, 1.807) is 6.07 Å². The van der Waals surface area contributed by atoms with E-state index in [-0.39, 0.29) is 4.66 Å². The number of hydrogen-bond acceptors (Lipinski definition) is 2. The van der Waals surface area contributed by atoms with Gasteiger partial charge in [0.15, 0.2) is 0 Å². The minimum Gasteiger partial charge on any atom is -0.282 e. The molecule has 0 aliphatic heterocycles. The summed E-state index contributed by atoms with van der Waals surface area (Å²) in [6, 6.07) is 13.2. The molecule has 2 aromatic rings. The molecule has 0 radical (unpaired) electrons. The van der Waals surface area contributed by atoms with Gasteiger partial charge in [-0.25, -0.2) is 8.42 Å².